The Bertz CT molecular complexity index is 537. The van der Waals surface area contributed by atoms with Crippen LogP contribution in [0.1, 0.15) is 37.9 Å². The number of alkyl carbamates (subject to hydrolysis) is 1. The molecule has 21 heavy (non-hydrogen) atoms. The van der Waals surface area contributed by atoms with E-state index in [1.54, 1.807) is 33.8 Å². The highest BCUT2D eigenvalue weighted by molar-refractivity contribution is 5.68. The normalized spacial score (nSPS) is 12.6. The van der Waals surface area contributed by atoms with Crippen molar-refractivity contribution >= 4 is 11.8 Å². The number of aryl methyl sites for hydroxylation is 1. The Labute approximate surface area is 123 Å². The highest BCUT2D eigenvalue weighted by Crippen LogP contribution is 2.23. The highest BCUT2D eigenvalue weighted by Gasteiger charge is 2.22. The molecule has 116 valence electrons. The van der Waals surface area contributed by atoms with E-state index >= 15 is 0 Å². The number of carbonyl (C=O) groups is 1. The minimum Gasteiger partial charge on any atom is -0.444 e. The molecule has 0 radical (unpaired) electrons. The minimum atomic E-state index is -0.764. The molecule has 0 aliphatic heterocycles. The first kappa shape index (κ1) is 16.9. The van der Waals surface area contributed by atoms with Gasteiger partial charge in [-0.05, 0) is 38.8 Å². The first-order valence-corrected chi connectivity index (χ1v) is 6.49. The molecule has 0 aliphatic rings. The number of nitro groups is 1. The van der Waals surface area contributed by atoms with Crippen LogP contribution >= 0.6 is 0 Å². The van der Waals surface area contributed by atoms with Gasteiger partial charge in [0.1, 0.15) is 5.60 Å². The first-order valence-electron chi connectivity index (χ1n) is 6.49. The molecule has 0 heterocycles. The summed E-state index contributed by atoms with van der Waals surface area (Å²) >= 11 is 0. The van der Waals surface area contributed by atoms with Crippen LogP contribution in [0, 0.1) is 17.0 Å². The third-order valence-electron chi connectivity index (χ3n) is 2.72. The Hall–Kier alpha value is -2.15. The molecule has 0 spiro atoms. The summed E-state index contributed by atoms with van der Waals surface area (Å²) in [5, 5.41) is 22.8. The summed E-state index contributed by atoms with van der Waals surface area (Å²) in [4.78, 5) is 22.0. The summed E-state index contributed by atoms with van der Waals surface area (Å²) in [5.74, 6) is 0. The van der Waals surface area contributed by atoms with Crippen LogP contribution in [0.4, 0.5) is 10.5 Å². The molecule has 0 unspecified atom stereocenters. The molecular weight excluding hydrogens is 276 g/mol. The number of benzene rings is 1. The zero-order valence-electron chi connectivity index (χ0n) is 12.5. The maximum Gasteiger partial charge on any atom is 0.408 e. The molecule has 0 aromatic heterocycles. The van der Waals surface area contributed by atoms with Crippen molar-refractivity contribution in [3.63, 3.8) is 0 Å². The van der Waals surface area contributed by atoms with Gasteiger partial charge in [0.15, 0.2) is 0 Å². The highest BCUT2D eigenvalue weighted by atomic mass is 16.6. The second kappa shape index (κ2) is 6.53. The van der Waals surface area contributed by atoms with E-state index in [2.05, 4.69) is 5.32 Å². The molecule has 1 aromatic rings. The maximum atomic E-state index is 11.8. The van der Waals surface area contributed by atoms with Gasteiger partial charge >= 0.3 is 6.09 Å². The molecule has 0 bridgehead atoms. The van der Waals surface area contributed by atoms with Gasteiger partial charge in [-0.2, -0.15) is 0 Å². The van der Waals surface area contributed by atoms with Gasteiger partial charge in [-0.3, -0.25) is 10.1 Å². The molecule has 2 N–H and O–H groups in total. The molecule has 0 aliphatic carbocycles. The van der Waals surface area contributed by atoms with Crippen molar-refractivity contribution in [2.75, 3.05) is 6.61 Å². The van der Waals surface area contributed by atoms with Gasteiger partial charge in [0.05, 0.1) is 17.6 Å². The van der Waals surface area contributed by atoms with Crippen molar-refractivity contribution < 1.29 is 19.6 Å². The molecule has 1 atom stereocenters. The third-order valence-corrected chi connectivity index (χ3v) is 2.72. The van der Waals surface area contributed by atoms with Gasteiger partial charge in [-0.1, -0.05) is 6.07 Å². The van der Waals surface area contributed by atoms with Crippen LogP contribution in [-0.4, -0.2) is 28.3 Å². The van der Waals surface area contributed by atoms with Crippen molar-refractivity contribution in [1.82, 2.24) is 5.32 Å². The number of aliphatic hydroxyl groups excluding tert-OH is 1. The van der Waals surface area contributed by atoms with E-state index in [4.69, 9.17) is 4.74 Å². The summed E-state index contributed by atoms with van der Waals surface area (Å²) in [5.41, 5.74) is 0.454. The van der Waals surface area contributed by atoms with E-state index in [1.165, 1.54) is 12.1 Å². The number of rotatable bonds is 4. The molecule has 0 saturated carbocycles. The Balaban J connectivity index is 2.97. The van der Waals surface area contributed by atoms with Crippen molar-refractivity contribution in [3.05, 3.63) is 39.4 Å². The van der Waals surface area contributed by atoms with E-state index in [0.29, 0.717) is 5.56 Å². The number of hydrogen-bond acceptors (Lipinski definition) is 5. The summed E-state index contributed by atoms with van der Waals surface area (Å²) in [6.45, 7) is 6.52. The van der Waals surface area contributed by atoms with E-state index in [1.807, 2.05) is 0 Å². The van der Waals surface area contributed by atoms with Crippen LogP contribution in [0.15, 0.2) is 18.2 Å². The lowest BCUT2D eigenvalue weighted by Gasteiger charge is -2.23. The number of nitrogens with zero attached hydrogens (tertiary/aromatic N) is 1. The monoisotopic (exact) mass is 296 g/mol. The van der Waals surface area contributed by atoms with Crippen LogP contribution in [0.2, 0.25) is 0 Å². The largest absolute Gasteiger partial charge is 0.444 e. The predicted octanol–water partition coefficient (Wildman–Crippen LogP) is 2.46. The number of hydrogen-bond donors (Lipinski definition) is 2. The van der Waals surface area contributed by atoms with Crippen molar-refractivity contribution in [2.45, 2.75) is 39.3 Å². The Kier molecular flexibility index (Phi) is 5.26. The fourth-order valence-corrected chi connectivity index (χ4v) is 1.79. The van der Waals surface area contributed by atoms with Crippen molar-refractivity contribution in [3.8, 4) is 0 Å². The molecule has 0 saturated heterocycles. The van der Waals surface area contributed by atoms with Gasteiger partial charge in [0.2, 0.25) is 0 Å². The number of amides is 1. The minimum absolute atomic E-state index is 0.0972. The molecule has 1 rings (SSSR count). The Morgan fingerprint density at radius 1 is 1.48 bits per heavy atom. The van der Waals surface area contributed by atoms with E-state index in [0.717, 1.165) is 5.56 Å². The fourth-order valence-electron chi connectivity index (χ4n) is 1.79. The fraction of sp³-hybridized carbons (Fsp3) is 0.500. The molecule has 7 nitrogen and oxygen atoms in total. The van der Waals surface area contributed by atoms with Crippen LogP contribution in [0.5, 0.6) is 0 Å². The number of nitrogens with one attached hydrogen (secondary N) is 1. The van der Waals surface area contributed by atoms with Crippen molar-refractivity contribution in [1.29, 1.82) is 0 Å². The second-order valence-electron chi connectivity index (χ2n) is 5.68. The number of ether oxygens (including phenoxy) is 1. The van der Waals surface area contributed by atoms with Gasteiger partial charge in [0, 0.05) is 12.1 Å². The summed E-state index contributed by atoms with van der Waals surface area (Å²) < 4.78 is 5.11. The van der Waals surface area contributed by atoms with E-state index in [9.17, 15) is 20.0 Å². The van der Waals surface area contributed by atoms with Crippen LogP contribution in [-0.2, 0) is 4.74 Å². The van der Waals surface area contributed by atoms with Crippen LogP contribution < -0.4 is 5.32 Å². The van der Waals surface area contributed by atoms with Gasteiger partial charge in [-0.15, -0.1) is 0 Å². The predicted molar refractivity (Wildman–Crippen MR) is 77.0 cm³/mol. The molecular formula is C14H20N2O5. The topological polar surface area (TPSA) is 102 Å². The average Bonchev–Trinajstić information content (AvgIpc) is 2.34. The average molecular weight is 296 g/mol. The standard InChI is InChI=1S/C14H20N2O5/c1-9-5-6-10(16(19)20)7-11(9)12(8-17)15-13(18)21-14(2,3)4/h5-7,12,17H,8H2,1-4H3,(H,15,18)/t12-/m1/s1. The zero-order valence-corrected chi connectivity index (χ0v) is 12.5. The number of carbonyl (C=O) groups excluding carboxylic acids is 1. The maximum absolute atomic E-state index is 11.8. The number of nitro benzene ring substituents is 1. The lowest BCUT2D eigenvalue weighted by atomic mass is 10.0. The zero-order chi connectivity index (χ0) is 16.2. The Morgan fingerprint density at radius 2 is 2.10 bits per heavy atom. The quantitative estimate of drug-likeness (QED) is 0.656. The van der Waals surface area contributed by atoms with Gasteiger partial charge < -0.3 is 15.2 Å². The summed E-state index contributed by atoms with van der Waals surface area (Å²) in [7, 11) is 0. The molecule has 1 aromatic carbocycles. The SMILES string of the molecule is Cc1ccc([N+](=O)[O-])cc1[C@@H](CO)NC(=O)OC(C)(C)C. The number of aliphatic hydroxyl groups is 1. The Morgan fingerprint density at radius 3 is 2.57 bits per heavy atom. The molecule has 0 fully saturated rings. The lowest BCUT2D eigenvalue weighted by Crippen LogP contribution is -2.36. The second-order valence-corrected chi connectivity index (χ2v) is 5.68. The molecule has 7 heteroatoms. The van der Waals surface area contributed by atoms with Crippen molar-refractivity contribution in [2.24, 2.45) is 0 Å². The van der Waals surface area contributed by atoms with Crippen LogP contribution in [0.3, 0.4) is 0 Å². The smallest absolute Gasteiger partial charge is 0.408 e. The number of non-ortho nitro benzene ring substituents is 1. The first-order chi connectivity index (χ1) is 9.64. The van der Waals surface area contributed by atoms with E-state index < -0.39 is 22.7 Å². The summed E-state index contributed by atoms with van der Waals surface area (Å²) in [6, 6.07) is 3.53. The molecule has 1 amide bonds. The van der Waals surface area contributed by atoms with Gasteiger partial charge in [0.25, 0.3) is 5.69 Å². The van der Waals surface area contributed by atoms with Gasteiger partial charge in [-0.25, -0.2) is 4.79 Å². The lowest BCUT2D eigenvalue weighted by molar-refractivity contribution is -0.385. The third kappa shape index (κ3) is 5.03. The summed E-state index contributed by atoms with van der Waals surface area (Å²) in [6.07, 6.45) is -0.688. The van der Waals surface area contributed by atoms with Crippen LogP contribution in [0.25, 0.3) is 0 Å². The van der Waals surface area contributed by atoms with E-state index in [-0.39, 0.29) is 12.3 Å².